The normalized spacial score (nSPS) is 20.1. The molecule has 26 heavy (non-hydrogen) atoms. The third-order valence-corrected chi connectivity index (χ3v) is 4.75. The molecule has 7 heteroatoms. The zero-order valence-corrected chi connectivity index (χ0v) is 15.3. The maximum Gasteiger partial charge on any atom is 0.308 e. The first kappa shape index (κ1) is 18.1. The number of carbonyl (C=O) groups is 1. The van der Waals surface area contributed by atoms with Crippen molar-refractivity contribution in [3.8, 4) is 5.75 Å². The lowest BCUT2D eigenvalue weighted by Crippen LogP contribution is -2.23. The van der Waals surface area contributed by atoms with E-state index in [1.165, 1.54) is 0 Å². The van der Waals surface area contributed by atoms with E-state index in [4.69, 9.17) is 4.74 Å². The molecule has 1 saturated heterocycles. The van der Waals surface area contributed by atoms with Gasteiger partial charge in [0, 0.05) is 57.6 Å². The molecule has 1 aromatic heterocycles. The largest absolute Gasteiger partial charge is 0.496 e. The SMILES string of the molecule is COc1ccccc1C1CN(Cc2cnc(N(C)C)nc2)CC1C(=O)O. The van der Waals surface area contributed by atoms with Crippen LogP contribution in [0, 0.1) is 5.92 Å². The van der Waals surface area contributed by atoms with E-state index in [2.05, 4.69) is 14.9 Å². The molecule has 2 aromatic rings. The summed E-state index contributed by atoms with van der Waals surface area (Å²) in [4.78, 5) is 24.5. The van der Waals surface area contributed by atoms with Gasteiger partial charge in [-0.3, -0.25) is 9.69 Å². The number of rotatable bonds is 6. The van der Waals surface area contributed by atoms with Gasteiger partial charge in [-0.25, -0.2) is 9.97 Å². The summed E-state index contributed by atoms with van der Waals surface area (Å²) in [5.41, 5.74) is 1.92. The first-order chi connectivity index (χ1) is 12.5. The number of benzene rings is 1. The highest BCUT2D eigenvalue weighted by molar-refractivity contribution is 5.72. The van der Waals surface area contributed by atoms with Crippen LogP contribution in [0.3, 0.4) is 0 Å². The Morgan fingerprint density at radius 3 is 2.58 bits per heavy atom. The van der Waals surface area contributed by atoms with E-state index in [0.29, 0.717) is 25.6 Å². The van der Waals surface area contributed by atoms with Crippen molar-refractivity contribution in [3.05, 3.63) is 47.8 Å². The van der Waals surface area contributed by atoms with Gasteiger partial charge >= 0.3 is 5.97 Å². The Bertz CT molecular complexity index is 764. The number of methoxy groups -OCH3 is 1. The van der Waals surface area contributed by atoms with Crippen LogP contribution in [0.25, 0.3) is 0 Å². The highest BCUT2D eigenvalue weighted by atomic mass is 16.5. The number of hydrogen-bond acceptors (Lipinski definition) is 6. The van der Waals surface area contributed by atoms with Crippen LogP contribution in [0.15, 0.2) is 36.7 Å². The minimum absolute atomic E-state index is 0.106. The molecule has 2 heterocycles. The molecule has 0 bridgehead atoms. The van der Waals surface area contributed by atoms with Crippen molar-refractivity contribution in [1.82, 2.24) is 14.9 Å². The number of ether oxygens (including phenoxy) is 1. The highest BCUT2D eigenvalue weighted by Crippen LogP contribution is 2.38. The zero-order chi connectivity index (χ0) is 18.7. The molecule has 7 nitrogen and oxygen atoms in total. The highest BCUT2D eigenvalue weighted by Gasteiger charge is 2.39. The first-order valence-electron chi connectivity index (χ1n) is 8.56. The topological polar surface area (TPSA) is 78.8 Å². The molecule has 1 N–H and O–H groups in total. The van der Waals surface area contributed by atoms with Gasteiger partial charge in [0.1, 0.15) is 5.75 Å². The Balaban J connectivity index is 1.78. The Labute approximate surface area is 153 Å². The number of nitrogens with zero attached hydrogens (tertiary/aromatic N) is 4. The maximum absolute atomic E-state index is 11.8. The lowest BCUT2D eigenvalue weighted by Gasteiger charge is -2.18. The van der Waals surface area contributed by atoms with Crippen LogP contribution in [-0.4, -0.2) is 60.2 Å². The van der Waals surface area contributed by atoms with Gasteiger partial charge in [0.15, 0.2) is 0 Å². The van der Waals surface area contributed by atoms with Crippen molar-refractivity contribution in [3.63, 3.8) is 0 Å². The van der Waals surface area contributed by atoms with E-state index in [-0.39, 0.29) is 5.92 Å². The van der Waals surface area contributed by atoms with E-state index in [1.807, 2.05) is 43.3 Å². The molecule has 2 unspecified atom stereocenters. The maximum atomic E-state index is 11.8. The standard InChI is InChI=1S/C19H24N4O3/c1-22(2)19-20-8-13(9-21-19)10-23-11-15(16(12-23)18(24)25)14-6-4-5-7-17(14)26-3/h4-9,15-16H,10-12H2,1-3H3,(H,24,25). The summed E-state index contributed by atoms with van der Waals surface area (Å²) < 4.78 is 5.44. The molecular weight excluding hydrogens is 332 g/mol. The summed E-state index contributed by atoms with van der Waals surface area (Å²) in [6.45, 7) is 1.78. The minimum Gasteiger partial charge on any atom is -0.496 e. The van der Waals surface area contributed by atoms with E-state index in [9.17, 15) is 9.90 Å². The van der Waals surface area contributed by atoms with Gasteiger partial charge in [0.25, 0.3) is 0 Å². The lowest BCUT2D eigenvalue weighted by molar-refractivity contribution is -0.141. The molecule has 3 rings (SSSR count). The molecule has 0 spiro atoms. The summed E-state index contributed by atoms with van der Waals surface area (Å²) in [6.07, 6.45) is 3.60. The summed E-state index contributed by atoms with van der Waals surface area (Å²) in [5.74, 6) is 0.0521. The van der Waals surface area contributed by atoms with Crippen LogP contribution in [0.1, 0.15) is 17.0 Å². The lowest BCUT2D eigenvalue weighted by atomic mass is 9.88. The fraction of sp³-hybridized carbons (Fsp3) is 0.421. The Kier molecular flexibility index (Phi) is 5.37. The molecule has 1 aliphatic rings. The van der Waals surface area contributed by atoms with Gasteiger partial charge in [-0.1, -0.05) is 18.2 Å². The number of carboxylic acids is 1. The van der Waals surface area contributed by atoms with Gasteiger partial charge in [0.2, 0.25) is 5.95 Å². The molecule has 0 saturated carbocycles. The average Bonchev–Trinajstić information content (AvgIpc) is 3.06. The van der Waals surface area contributed by atoms with E-state index in [1.54, 1.807) is 19.5 Å². The van der Waals surface area contributed by atoms with Crippen LogP contribution < -0.4 is 9.64 Å². The van der Waals surface area contributed by atoms with Crippen molar-refractivity contribution >= 4 is 11.9 Å². The fourth-order valence-electron chi connectivity index (χ4n) is 3.47. The zero-order valence-electron chi connectivity index (χ0n) is 15.3. The van der Waals surface area contributed by atoms with Crippen molar-refractivity contribution in [1.29, 1.82) is 0 Å². The number of likely N-dealkylation sites (tertiary alicyclic amines) is 1. The molecule has 138 valence electrons. The molecule has 1 aromatic carbocycles. The van der Waals surface area contributed by atoms with Crippen molar-refractivity contribution in [2.45, 2.75) is 12.5 Å². The Morgan fingerprint density at radius 2 is 1.96 bits per heavy atom. The number of aromatic nitrogens is 2. The predicted molar refractivity (Wildman–Crippen MR) is 98.5 cm³/mol. The summed E-state index contributed by atoms with van der Waals surface area (Å²) in [5, 5.41) is 9.69. The monoisotopic (exact) mass is 356 g/mol. The quantitative estimate of drug-likeness (QED) is 0.846. The predicted octanol–water partition coefficient (Wildman–Crippen LogP) is 1.85. The van der Waals surface area contributed by atoms with Crippen molar-refractivity contribution in [2.24, 2.45) is 5.92 Å². The van der Waals surface area contributed by atoms with Crippen LogP contribution in [0.2, 0.25) is 0 Å². The third-order valence-electron chi connectivity index (χ3n) is 4.75. The van der Waals surface area contributed by atoms with Crippen molar-refractivity contribution in [2.75, 3.05) is 39.2 Å². The summed E-state index contributed by atoms with van der Waals surface area (Å²) in [6, 6.07) is 7.66. The number of aliphatic carboxylic acids is 1. The van der Waals surface area contributed by atoms with Gasteiger partial charge in [-0.15, -0.1) is 0 Å². The van der Waals surface area contributed by atoms with E-state index < -0.39 is 11.9 Å². The van der Waals surface area contributed by atoms with Crippen LogP contribution in [0.4, 0.5) is 5.95 Å². The minimum atomic E-state index is -0.775. The molecule has 0 aliphatic carbocycles. The summed E-state index contributed by atoms with van der Waals surface area (Å²) in [7, 11) is 5.40. The number of para-hydroxylation sites is 1. The second kappa shape index (κ2) is 7.70. The first-order valence-corrected chi connectivity index (χ1v) is 8.56. The van der Waals surface area contributed by atoms with Gasteiger partial charge in [-0.2, -0.15) is 0 Å². The molecule has 2 atom stereocenters. The molecule has 0 amide bonds. The molecule has 1 aliphatic heterocycles. The average molecular weight is 356 g/mol. The number of anilines is 1. The molecular formula is C19H24N4O3. The second-order valence-corrected chi connectivity index (χ2v) is 6.77. The van der Waals surface area contributed by atoms with Crippen molar-refractivity contribution < 1.29 is 14.6 Å². The third kappa shape index (κ3) is 3.77. The fourth-order valence-corrected chi connectivity index (χ4v) is 3.47. The second-order valence-electron chi connectivity index (χ2n) is 6.77. The van der Waals surface area contributed by atoms with Crippen LogP contribution in [0.5, 0.6) is 5.75 Å². The Morgan fingerprint density at radius 1 is 1.27 bits per heavy atom. The Hall–Kier alpha value is -2.67. The smallest absolute Gasteiger partial charge is 0.308 e. The van der Waals surface area contributed by atoms with E-state index in [0.717, 1.165) is 16.9 Å². The van der Waals surface area contributed by atoms with Gasteiger partial charge in [-0.05, 0) is 11.6 Å². The van der Waals surface area contributed by atoms with E-state index >= 15 is 0 Å². The summed E-state index contributed by atoms with van der Waals surface area (Å²) >= 11 is 0. The number of hydrogen-bond donors (Lipinski definition) is 1. The van der Waals surface area contributed by atoms with Crippen LogP contribution >= 0.6 is 0 Å². The van der Waals surface area contributed by atoms with Gasteiger partial charge in [0.05, 0.1) is 13.0 Å². The van der Waals surface area contributed by atoms with Crippen LogP contribution in [-0.2, 0) is 11.3 Å². The molecule has 0 radical (unpaired) electrons. The molecule has 1 fully saturated rings. The van der Waals surface area contributed by atoms with Gasteiger partial charge < -0.3 is 14.7 Å². The number of carboxylic acid groups (broad SMARTS) is 1.